The van der Waals surface area contributed by atoms with Crippen LogP contribution in [0.25, 0.3) is 11.4 Å². The molecule has 1 amide bonds. The third-order valence-corrected chi connectivity index (χ3v) is 6.00. The Hall–Kier alpha value is -2.80. The lowest BCUT2D eigenvalue weighted by molar-refractivity contribution is -0.117. The lowest BCUT2D eigenvalue weighted by Crippen LogP contribution is -2.36. The summed E-state index contributed by atoms with van der Waals surface area (Å²) in [5, 5.41) is 8.63. The number of benzene rings is 2. The van der Waals surface area contributed by atoms with Crippen molar-refractivity contribution in [3.8, 4) is 11.4 Å². The number of nitrogens with zero attached hydrogens (tertiary/aromatic N) is 4. The molecule has 30 heavy (non-hydrogen) atoms. The maximum atomic E-state index is 13.0. The number of nitrogens with two attached hydrogens (primary N) is 1. The van der Waals surface area contributed by atoms with Gasteiger partial charge in [-0.3, -0.25) is 4.79 Å². The van der Waals surface area contributed by atoms with Gasteiger partial charge < -0.3 is 10.7 Å². The van der Waals surface area contributed by atoms with Crippen LogP contribution in [-0.4, -0.2) is 32.6 Å². The molecule has 1 heterocycles. The average molecular weight is 424 g/mol. The fourth-order valence-electron chi connectivity index (χ4n) is 3.18. The van der Waals surface area contributed by atoms with Gasteiger partial charge in [0.1, 0.15) is 0 Å². The van der Waals surface area contributed by atoms with Gasteiger partial charge in [0.05, 0.1) is 5.25 Å². The molecule has 0 spiro atoms. The molecule has 1 atom stereocenters. The Labute approximate surface area is 182 Å². The van der Waals surface area contributed by atoms with Gasteiger partial charge in [0.2, 0.25) is 11.1 Å². The quantitative estimate of drug-likeness (QED) is 0.467. The lowest BCUT2D eigenvalue weighted by atomic mass is 9.87. The van der Waals surface area contributed by atoms with Crippen LogP contribution in [0.3, 0.4) is 0 Å². The van der Waals surface area contributed by atoms with Crippen molar-refractivity contribution in [3.05, 3.63) is 60.2 Å². The molecule has 0 radical (unpaired) electrons. The summed E-state index contributed by atoms with van der Waals surface area (Å²) in [6.07, 6.45) is 0. The van der Waals surface area contributed by atoms with Gasteiger partial charge in [-0.2, -0.15) is 0 Å². The highest BCUT2D eigenvalue weighted by atomic mass is 32.2. The Morgan fingerprint density at radius 2 is 1.73 bits per heavy atom. The molecular weight excluding hydrogens is 394 g/mol. The number of amides is 1. The average Bonchev–Trinajstić information content (AvgIpc) is 3.09. The molecule has 0 aliphatic heterocycles. The fourth-order valence-corrected chi connectivity index (χ4v) is 4.01. The summed E-state index contributed by atoms with van der Waals surface area (Å²) >= 11 is 1.31. The van der Waals surface area contributed by atoms with E-state index >= 15 is 0 Å². The first-order valence-electron chi connectivity index (χ1n) is 10.1. The maximum absolute atomic E-state index is 13.0. The smallest absolute Gasteiger partial charge is 0.240 e. The van der Waals surface area contributed by atoms with E-state index in [1.165, 1.54) is 22.0 Å². The van der Waals surface area contributed by atoms with Gasteiger partial charge in [-0.25, -0.2) is 4.68 Å². The molecule has 3 aromatic rings. The van der Waals surface area contributed by atoms with E-state index < -0.39 is 0 Å². The first-order chi connectivity index (χ1) is 14.2. The van der Waals surface area contributed by atoms with Gasteiger partial charge >= 0.3 is 0 Å². The van der Waals surface area contributed by atoms with Crippen molar-refractivity contribution < 1.29 is 4.79 Å². The van der Waals surface area contributed by atoms with Gasteiger partial charge in [0.15, 0.2) is 5.82 Å². The minimum absolute atomic E-state index is 0.00720. The molecule has 2 N–H and O–H groups in total. The molecule has 0 saturated carbocycles. The van der Waals surface area contributed by atoms with Crippen molar-refractivity contribution in [2.75, 3.05) is 17.3 Å². The van der Waals surface area contributed by atoms with E-state index in [0.717, 1.165) is 11.3 Å². The van der Waals surface area contributed by atoms with Crippen LogP contribution in [0.5, 0.6) is 0 Å². The van der Waals surface area contributed by atoms with Crippen LogP contribution in [0, 0.1) is 0 Å². The molecule has 6 nitrogen and oxygen atoms in total. The topological polar surface area (TPSA) is 77.0 Å². The third-order valence-electron chi connectivity index (χ3n) is 4.95. The van der Waals surface area contributed by atoms with Crippen LogP contribution < -0.4 is 10.7 Å². The van der Waals surface area contributed by atoms with Crippen LogP contribution in [0.2, 0.25) is 0 Å². The zero-order chi connectivity index (χ0) is 21.9. The Balaban J connectivity index is 1.76. The molecule has 0 aliphatic rings. The van der Waals surface area contributed by atoms with Gasteiger partial charge in [-0.1, -0.05) is 75.0 Å². The monoisotopic (exact) mass is 423 g/mol. The predicted octanol–water partition coefficient (Wildman–Crippen LogP) is 4.49. The van der Waals surface area contributed by atoms with Crippen molar-refractivity contribution in [2.45, 2.75) is 50.4 Å². The minimum Gasteiger partial charge on any atom is -0.335 e. The summed E-state index contributed by atoms with van der Waals surface area (Å²) in [7, 11) is 0. The van der Waals surface area contributed by atoms with E-state index in [0.29, 0.717) is 17.5 Å². The number of carbonyl (C=O) groups is 1. The largest absolute Gasteiger partial charge is 0.335 e. The van der Waals surface area contributed by atoms with E-state index in [1.54, 1.807) is 4.90 Å². The molecule has 0 bridgehead atoms. The summed E-state index contributed by atoms with van der Waals surface area (Å²) in [5.74, 6) is 6.86. The number of para-hydroxylation sites is 1. The van der Waals surface area contributed by atoms with E-state index in [2.05, 4.69) is 43.1 Å². The summed E-state index contributed by atoms with van der Waals surface area (Å²) in [6.45, 7) is 11.0. The molecule has 7 heteroatoms. The van der Waals surface area contributed by atoms with Crippen molar-refractivity contribution >= 4 is 23.4 Å². The summed E-state index contributed by atoms with van der Waals surface area (Å²) < 4.78 is 1.46. The Kier molecular flexibility index (Phi) is 6.51. The number of rotatable bonds is 6. The van der Waals surface area contributed by atoms with Crippen molar-refractivity contribution in [1.82, 2.24) is 14.9 Å². The van der Waals surface area contributed by atoms with Crippen molar-refractivity contribution in [2.24, 2.45) is 0 Å². The Morgan fingerprint density at radius 1 is 1.10 bits per heavy atom. The molecule has 2 aromatic carbocycles. The molecule has 158 valence electrons. The highest BCUT2D eigenvalue weighted by molar-refractivity contribution is 8.00. The number of anilines is 1. The lowest BCUT2D eigenvalue weighted by Gasteiger charge is -2.24. The predicted molar refractivity (Wildman–Crippen MR) is 124 cm³/mol. The highest BCUT2D eigenvalue weighted by Crippen LogP contribution is 2.29. The molecular formula is C23H29N5OS. The molecule has 0 aliphatic carbocycles. The van der Waals surface area contributed by atoms with E-state index in [1.807, 2.05) is 56.3 Å². The van der Waals surface area contributed by atoms with Crippen LogP contribution in [0.15, 0.2) is 59.8 Å². The van der Waals surface area contributed by atoms with E-state index in [-0.39, 0.29) is 16.6 Å². The number of carbonyl (C=O) groups excluding carboxylic acids is 1. The van der Waals surface area contributed by atoms with Gasteiger partial charge in [0.25, 0.3) is 0 Å². The second-order valence-electron chi connectivity index (χ2n) is 8.18. The van der Waals surface area contributed by atoms with Crippen LogP contribution in [0.4, 0.5) is 5.69 Å². The summed E-state index contributed by atoms with van der Waals surface area (Å²) in [6, 6.07) is 17.8. The zero-order valence-corrected chi connectivity index (χ0v) is 19.0. The molecule has 0 saturated heterocycles. The fraction of sp³-hybridized carbons (Fsp3) is 0.348. The first-order valence-corrected chi connectivity index (χ1v) is 10.9. The second-order valence-corrected chi connectivity index (χ2v) is 9.49. The van der Waals surface area contributed by atoms with Crippen LogP contribution in [0.1, 0.15) is 40.2 Å². The third kappa shape index (κ3) is 4.67. The maximum Gasteiger partial charge on any atom is 0.240 e. The molecule has 0 fully saturated rings. The first kappa shape index (κ1) is 21.9. The number of thioether (sulfide) groups is 1. The number of hydrogen-bond donors (Lipinski definition) is 1. The number of nitrogen functional groups attached to an aromatic ring is 1. The second kappa shape index (κ2) is 8.92. The molecule has 0 unspecified atom stereocenters. The van der Waals surface area contributed by atoms with Crippen LogP contribution in [-0.2, 0) is 10.2 Å². The zero-order valence-electron chi connectivity index (χ0n) is 18.2. The standard InChI is InChI=1S/C23H29N5OS/c1-6-27(19-10-8-7-9-11-19)21(29)16(2)30-22-26-25-20(28(22)24)17-12-14-18(15-13-17)23(3,4)5/h7-16H,6,24H2,1-5H3/t16-/m0/s1. The number of aromatic nitrogens is 3. The number of hydrogen-bond acceptors (Lipinski definition) is 5. The van der Waals surface area contributed by atoms with E-state index in [4.69, 9.17) is 5.84 Å². The Bertz CT molecular complexity index is 993. The highest BCUT2D eigenvalue weighted by Gasteiger charge is 2.24. The molecule has 1 aromatic heterocycles. The van der Waals surface area contributed by atoms with E-state index in [9.17, 15) is 4.79 Å². The normalized spacial score (nSPS) is 12.6. The van der Waals surface area contributed by atoms with Gasteiger partial charge in [-0.15, -0.1) is 10.2 Å². The summed E-state index contributed by atoms with van der Waals surface area (Å²) in [5.41, 5.74) is 3.09. The van der Waals surface area contributed by atoms with Crippen molar-refractivity contribution in [1.29, 1.82) is 0 Å². The van der Waals surface area contributed by atoms with Crippen LogP contribution >= 0.6 is 11.8 Å². The summed E-state index contributed by atoms with van der Waals surface area (Å²) in [4.78, 5) is 14.8. The van der Waals surface area contributed by atoms with Crippen molar-refractivity contribution in [3.63, 3.8) is 0 Å². The SMILES string of the molecule is CCN(C(=O)[C@H](C)Sc1nnc(-c2ccc(C(C)(C)C)cc2)n1N)c1ccccc1. The van der Waals surface area contributed by atoms with Gasteiger partial charge in [-0.05, 0) is 37.0 Å². The minimum atomic E-state index is -0.354. The Morgan fingerprint density at radius 3 is 2.30 bits per heavy atom. The molecule has 3 rings (SSSR count). The van der Waals surface area contributed by atoms with Gasteiger partial charge in [0, 0.05) is 17.8 Å².